The van der Waals surface area contributed by atoms with Crippen LogP contribution in [0.4, 0.5) is 10.1 Å². The number of hydrogen-bond donors (Lipinski definition) is 2. The van der Waals surface area contributed by atoms with Crippen molar-refractivity contribution in [2.45, 2.75) is 71.6 Å². The summed E-state index contributed by atoms with van der Waals surface area (Å²) in [6, 6.07) is 25.3. The number of nitrogens with zero attached hydrogens (tertiary/aromatic N) is 1. The van der Waals surface area contributed by atoms with Gasteiger partial charge in [-0.15, -0.1) is 0 Å². The first-order valence-electron chi connectivity index (χ1n) is 15.0. The van der Waals surface area contributed by atoms with E-state index in [0.29, 0.717) is 24.2 Å². The van der Waals surface area contributed by atoms with Crippen LogP contribution < -0.4 is 5.32 Å². The number of aliphatic hydroxyl groups excluding tert-OH is 1. The first kappa shape index (κ1) is 32.4. The van der Waals surface area contributed by atoms with Crippen LogP contribution in [-0.4, -0.2) is 33.3 Å². The predicted molar refractivity (Wildman–Crippen MR) is 174 cm³/mol. The van der Waals surface area contributed by atoms with Crippen LogP contribution in [0.2, 0.25) is 0 Å². The lowest BCUT2D eigenvalue weighted by Crippen LogP contribution is -2.22. The molecule has 1 amide bonds. The molecule has 0 saturated heterocycles. The number of carbonyl (C=O) groups excluding carboxylic acids is 2. The summed E-state index contributed by atoms with van der Waals surface area (Å²) in [5, 5.41) is 14.0. The van der Waals surface area contributed by atoms with Crippen molar-refractivity contribution >= 4 is 17.6 Å². The zero-order chi connectivity index (χ0) is 31.9. The number of carbonyl (C=O) groups is 2. The van der Waals surface area contributed by atoms with Crippen molar-refractivity contribution in [1.29, 1.82) is 0 Å². The molecular weight excluding hydrogens is 555 g/mol. The lowest BCUT2D eigenvalue weighted by molar-refractivity contribution is -0.148. The second-order valence-corrected chi connectivity index (χ2v) is 12.1. The highest BCUT2D eigenvalue weighted by Crippen LogP contribution is 2.42. The molecule has 3 aromatic carbocycles. The topological polar surface area (TPSA) is 80.6 Å². The van der Waals surface area contributed by atoms with Crippen LogP contribution in [-0.2, 0) is 16.1 Å². The van der Waals surface area contributed by atoms with Gasteiger partial charge in [0.25, 0.3) is 5.91 Å². The summed E-state index contributed by atoms with van der Waals surface area (Å²) in [4.78, 5) is 26.2. The highest BCUT2D eigenvalue weighted by atomic mass is 19.1. The Morgan fingerprint density at radius 1 is 0.932 bits per heavy atom. The molecular formula is C37H41FN2O4. The van der Waals surface area contributed by atoms with Gasteiger partial charge in [0, 0.05) is 29.6 Å². The number of halogens is 1. The molecule has 7 heteroatoms. The maximum Gasteiger partial charge on any atom is 0.330 e. The van der Waals surface area contributed by atoms with Gasteiger partial charge in [-0.2, -0.15) is 0 Å². The van der Waals surface area contributed by atoms with E-state index in [4.69, 9.17) is 4.74 Å². The van der Waals surface area contributed by atoms with Gasteiger partial charge in [0.1, 0.15) is 11.4 Å². The van der Waals surface area contributed by atoms with Gasteiger partial charge in [-0.05, 0) is 87.1 Å². The molecule has 1 atom stereocenters. The quantitative estimate of drug-likeness (QED) is 0.135. The third-order valence-electron chi connectivity index (χ3n) is 7.04. The van der Waals surface area contributed by atoms with Crippen LogP contribution in [0, 0.1) is 5.82 Å². The number of esters is 1. The zero-order valence-corrected chi connectivity index (χ0v) is 26.0. The van der Waals surface area contributed by atoms with Crippen LogP contribution in [0.5, 0.6) is 0 Å². The van der Waals surface area contributed by atoms with Crippen LogP contribution in [0.25, 0.3) is 22.4 Å². The summed E-state index contributed by atoms with van der Waals surface area (Å²) >= 11 is 0. The maximum absolute atomic E-state index is 14.1. The lowest BCUT2D eigenvalue weighted by Gasteiger charge is -2.19. The van der Waals surface area contributed by atoms with E-state index in [9.17, 15) is 19.1 Å². The molecule has 0 radical (unpaired) electrons. The van der Waals surface area contributed by atoms with Gasteiger partial charge >= 0.3 is 5.97 Å². The highest BCUT2D eigenvalue weighted by molar-refractivity contribution is 6.12. The van der Waals surface area contributed by atoms with Gasteiger partial charge in [-0.3, -0.25) is 4.79 Å². The smallest absolute Gasteiger partial charge is 0.330 e. The van der Waals surface area contributed by atoms with Gasteiger partial charge in [-0.1, -0.05) is 68.5 Å². The molecule has 0 fully saturated rings. The molecule has 1 aromatic heterocycles. The minimum Gasteiger partial charge on any atom is -0.457 e. The number of para-hydroxylation sites is 1. The van der Waals surface area contributed by atoms with Crippen molar-refractivity contribution in [1.82, 2.24) is 4.57 Å². The van der Waals surface area contributed by atoms with E-state index < -0.39 is 17.7 Å². The molecule has 0 aliphatic carbocycles. The number of hydrogen-bond acceptors (Lipinski definition) is 4. The Kier molecular flexibility index (Phi) is 10.6. The van der Waals surface area contributed by atoms with E-state index in [1.807, 2.05) is 74.5 Å². The molecule has 2 N–H and O–H groups in total. The fourth-order valence-electron chi connectivity index (χ4n) is 5.26. The lowest BCUT2D eigenvalue weighted by atomic mass is 9.94. The van der Waals surface area contributed by atoms with Crippen LogP contribution in [0.1, 0.15) is 69.4 Å². The summed E-state index contributed by atoms with van der Waals surface area (Å²) in [5.41, 5.74) is 4.55. The molecule has 4 rings (SSSR count). The van der Waals surface area contributed by atoms with Crippen molar-refractivity contribution in [3.63, 3.8) is 0 Å². The van der Waals surface area contributed by atoms with Crippen LogP contribution >= 0.6 is 0 Å². The molecule has 44 heavy (non-hydrogen) atoms. The van der Waals surface area contributed by atoms with Crippen molar-refractivity contribution in [2.75, 3.05) is 5.32 Å². The minimum absolute atomic E-state index is 0.0626. The summed E-state index contributed by atoms with van der Waals surface area (Å²) in [6.07, 6.45) is 2.82. The van der Waals surface area contributed by atoms with Gasteiger partial charge < -0.3 is 19.7 Å². The normalized spacial score (nSPS) is 12.5. The zero-order valence-electron chi connectivity index (χ0n) is 26.0. The highest BCUT2D eigenvalue weighted by Gasteiger charge is 2.30. The standard InChI is InChI=1S/C37H41FN2O4/c1-25(2)34-33(36(43)39-29-15-10-7-11-16-29)32(26-13-8-6-9-14-26)35(27-19-21-28(38)22-20-27)40(34)24-23-30(41)17-12-18-31(42)44-37(3,4)5/h6-16,18-22,25,30,41H,17,23-24H2,1-5H3,(H,39,43)/b18-12-/t30-/m0/s1. The van der Waals surface area contributed by atoms with Gasteiger partial charge in [-0.25, -0.2) is 9.18 Å². The van der Waals surface area contributed by atoms with E-state index in [2.05, 4.69) is 9.88 Å². The van der Waals surface area contributed by atoms with Crippen molar-refractivity contribution in [2.24, 2.45) is 0 Å². The number of anilines is 1. The largest absolute Gasteiger partial charge is 0.457 e. The maximum atomic E-state index is 14.1. The molecule has 0 spiro atoms. The Balaban J connectivity index is 1.80. The molecule has 0 aliphatic heterocycles. The second kappa shape index (κ2) is 14.3. The van der Waals surface area contributed by atoms with E-state index in [1.54, 1.807) is 39.0 Å². The number of nitrogens with one attached hydrogen (secondary N) is 1. The minimum atomic E-state index is -0.751. The van der Waals surface area contributed by atoms with E-state index in [0.717, 1.165) is 28.1 Å². The van der Waals surface area contributed by atoms with E-state index in [1.165, 1.54) is 18.2 Å². The van der Waals surface area contributed by atoms with Crippen molar-refractivity contribution < 1.29 is 23.8 Å². The van der Waals surface area contributed by atoms with Gasteiger partial charge in [0.2, 0.25) is 0 Å². The first-order valence-corrected chi connectivity index (χ1v) is 15.0. The van der Waals surface area contributed by atoms with Crippen molar-refractivity contribution in [3.8, 4) is 22.4 Å². The van der Waals surface area contributed by atoms with Gasteiger partial charge in [0.05, 0.1) is 17.4 Å². The van der Waals surface area contributed by atoms with E-state index in [-0.39, 0.29) is 24.1 Å². The van der Waals surface area contributed by atoms with Crippen LogP contribution in [0.15, 0.2) is 97.1 Å². The summed E-state index contributed by atoms with van der Waals surface area (Å²) < 4.78 is 21.5. The van der Waals surface area contributed by atoms with E-state index >= 15 is 0 Å². The Hall–Kier alpha value is -4.49. The molecule has 230 valence electrons. The first-order chi connectivity index (χ1) is 20.9. The van der Waals surface area contributed by atoms with Crippen molar-refractivity contribution in [3.05, 3.63) is 114 Å². The molecule has 1 heterocycles. The molecule has 4 aromatic rings. The molecule has 6 nitrogen and oxygen atoms in total. The second-order valence-electron chi connectivity index (χ2n) is 12.1. The predicted octanol–water partition coefficient (Wildman–Crippen LogP) is 8.38. The number of ether oxygens (including phenoxy) is 1. The molecule has 0 unspecified atom stereocenters. The van der Waals surface area contributed by atoms with Gasteiger partial charge in [0.15, 0.2) is 0 Å². The summed E-state index contributed by atoms with van der Waals surface area (Å²) in [5.74, 6) is -1.13. The number of rotatable bonds is 11. The molecule has 0 bridgehead atoms. The third kappa shape index (κ3) is 8.32. The monoisotopic (exact) mass is 596 g/mol. The third-order valence-corrected chi connectivity index (χ3v) is 7.04. The Bertz CT molecular complexity index is 1580. The summed E-state index contributed by atoms with van der Waals surface area (Å²) in [7, 11) is 0. The average molecular weight is 597 g/mol. The van der Waals surface area contributed by atoms with Crippen LogP contribution in [0.3, 0.4) is 0 Å². The Morgan fingerprint density at radius 2 is 1.55 bits per heavy atom. The Morgan fingerprint density at radius 3 is 2.14 bits per heavy atom. The number of amides is 1. The number of aromatic nitrogens is 1. The Labute approximate surface area is 259 Å². The molecule has 0 aliphatic rings. The fraction of sp³-hybridized carbons (Fsp3) is 0.297. The molecule has 0 saturated carbocycles. The SMILES string of the molecule is CC(C)c1c(C(=O)Nc2ccccc2)c(-c2ccccc2)c(-c2ccc(F)cc2)n1CC[C@@H](O)C/C=C\C(=O)OC(C)(C)C. The summed E-state index contributed by atoms with van der Waals surface area (Å²) in [6.45, 7) is 9.86. The number of benzene rings is 3. The number of aliphatic hydroxyl groups is 1. The fourth-order valence-corrected chi connectivity index (χ4v) is 5.26. The average Bonchev–Trinajstić information content (AvgIpc) is 3.32.